The zero-order valence-electron chi connectivity index (χ0n) is 40.3. The number of hydrogen-bond acceptors (Lipinski definition) is 3. The van der Waals surface area contributed by atoms with Gasteiger partial charge < -0.3 is 14.2 Å². The van der Waals surface area contributed by atoms with E-state index in [9.17, 15) is 0 Å². The first-order chi connectivity index (χ1) is 29.3. The molecule has 4 heteroatoms. The highest BCUT2D eigenvalue weighted by molar-refractivity contribution is 6.17. The van der Waals surface area contributed by atoms with E-state index in [1.807, 2.05) is 0 Å². The van der Waals surface area contributed by atoms with Gasteiger partial charge in [-0.1, -0.05) is 271 Å². The van der Waals surface area contributed by atoms with Crippen molar-refractivity contribution in [3.8, 4) is 17.2 Å². The molecule has 0 unspecified atom stereocenters. The van der Waals surface area contributed by atoms with Gasteiger partial charge in [-0.2, -0.15) is 0 Å². The van der Waals surface area contributed by atoms with E-state index < -0.39 is 0 Å². The van der Waals surface area contributed by atoms with E-state index in [2.05, 4.69) is 32.9 Å². The summed E-state index contributed by atoms with van der Waals surface area (Å²) in [5, 5.41) is 0. The first-order valence-electron chi connectivity index (χ1n) is 26.9. The van der Waals surface area contributed by atoms with Crippen LogP contribution in [0.4, 0.5) is 0 Å². The van der Waals surface area contributed by atoms with Gasteiger partial charge in [-0.3, -0.25) is 0 Å². The monoisotopic (exact) mass is 847 g/mol. The Hall–Kier alpha value is -1.09. The summed E-state index contributed by atoms with van der Waals surface area (Å²) in [6.45, 7) is 9.05. The largest absolute Gasteiger partial charge is 0.490 e. The molecule has 3 nitrogen and oxygen atoms in total. The van der Waals surface area contributed by atoms with Crippen molar-refractivity contribution in [1.29, 1.82) is 0 Å². The molecule has 1 aromatic carbocycles. The molecule has 348 valence electrons. The first kappa shape index (κ1) is 55.9. The number of alkyl halides is 1. The highest BCUT2D eigenvalue weighted by atomic mass is 35.5. The van der Waals surface area contributed by atoms with Crippen LogP contribution in [0.5, 0.6) is 17.2 Å². The Balaban J connectivity index is 2.44. The quantitative estimate of drug-likeness (QED) is 0.0483. The van der Waals surface area contributed by atoms with E-state index >= 15 is 0 Å². The van der Waals surface area contributed by atoms with Gasteiger partial charge in [0.2, 0.25) is 5.75 Å². The predicted octanol–water partition coefficient (Wildman–Crippen LogP) is 20.0. The van der Waals surface area contributed by atoms with Gasteiger partial charge in [0.25, 0.3) is 0 Å². The molecule has 1 aromatic rings. The maximum atomic E-state index is 6.53. The van der Waals surface area contributed by atoms with Crippen molar-refractivity contribution in [1.82, 2.24) is 0 Å². The van der Waals surface area contributed by atoms with Crippen molar-refractivity contribution in [3.05, 3.63) is 17.7 Å². The second kappa shape index (κ2) is 46.4. The minimum atomic E-state index is 0.448. The fourth-order valence-electron chi connectivity index (χ4n) is 8.49. The third-order valence-corrected chi connectivity index (χ3v) is 12.8. The molecule has 0 radical (unpaired) electrons. The van der Waals surface area contributed by atoms with Crippen LogP contribution in [-0.4, -0.2) is 19.8 Å². The van der Waals surface area contributed by atoms with Gasteiger partial charge in [0.1, 0.15) is 0 Å². The van der Waals surface area contributed by atoms with E-state index in [0.29, 0.717) is 12.5 Å². The summed E-state index contributed by atoms with van der Waals surface area (Å²) in [7, 11) is 0. The summed E-state index contributed by atoms with van der Waals surface area (Å²) in [5.74, 6) is 2.88. The Morgan fingerprint density at radius 3 is 0.712 bits per heavy atom. The second-order valence-electron chi connectivity index (χ2n) is 18.4. The number of halogens is 1. The SMILES string of the molecule is CCCCCCCCCCCCCCCCOc1cc(CCl)cc(OCCCCCCCCCCCCCCCC)c1OCCCCCCCCCCCCCCCC. The molecule has 0 aliphatic rings. The van der Waals surface area contributed by atoms with Gasteiger partial charge in [-0.05, 0) is 37.0 Å². The summed E-state index contributed by atoms with van der Waals surface area (Å²) >= 11 is 6.41. The van der Waals surface area contributed by atoms with Crippen LogP contribution in [0.1, 0.15) is 296 Å². The predicted molar refractivity (Wildman–Crippen MR) is 263 cm³/mol. The van der Waals surface area contributed by atoms with Crippen molar-refractivity contribution in [2.75, 3.05) is 19.8 Å². The maximum absolute atomic E-state index is 6.53. The average Bonchev–Trinajstić information content (AvgIpc) is 3.25. The van der Waals surface area contributed by atoms with E-state index in [1.54, 1.807) is 0 Å². The third-order valence-electron chi connectivity index (χ3n) is 12.5. The number of benzene rings is 1. The molecule has 0 atom stereocenters. The van der Waals surface area contributed by atoms with Gasteiger partial charge in [0.05, 0.1) is 19.8 Å². The molecular weight excluding hydrogens is 744 g/mol. The molecule has 0 fully saturated rings. The third kappa shape index (κ3) is 37.2. The highest BCUT2D eigenvalue weighted by Gasteiger charge is 2.16. The second-order valence-corrected chi connectivity index (χ2v) is 18.7. The Morgan fingerprint density at radius 2 is 0.492 bits per heavy atom. The topological polar surface area (TPSA) is 27.7 Å². The molecule has 0 bridgehead atoms. The van der Waals surface area contributed by atoms with Gasteiger partial charge in [0, 0.05) is 5.88 Å². The van der Waals surface area contributed by atoms with Gasteiger partial charge >= 0.3 is 0 Å². The van der Waals surface area contributed by atoms with Gasteiger partial charge in [-0.25, -0.2) is 0 Å². The highest BCUT2D eigenvalue weighted by Crippen LogP contribution is 2.40. The van der Waals surface area contributed by atoms with Crippen LogP contribution in [0, 0.1) is 0 Å². The Kier molecular flexibility index (Phi) is 44.0. The number of hydrogen-bond donors (Lipinski definition) is 0. The van der Waals surface area contributed by atoms with E-state index in [-0.39, 0.29) is 0 Å². The van der Waals surface area contributed by atoms with E-state index in [1.165, 1.54) is 250 Å². The molecular formula is C55H103ClO3. The van der Waals surface area contributed by atoms with Gasteiger partial charge in [0.15, 0.2) is 11.5 Å². The zero-order valence-corrected chi connectivity index (χ0v) is 41.0. The van der Waals surface area contributed by atoms with E-state index in [4.69, 9.17) is 25.8 Å². The fraction of sp³-hybridized carbons (Fsp3) is 0.891. The van der Waals surface area contributed by atoms with Crippen LogP contribution in [0.25, 0.3) is 0 Å². The van der Waals surface area contributed by atoms with Crippen LogP contribution in [0.2, 0.25) is 0 Å². The summed E-state index contributed by atoms with van der Waals surface area (Å²) in [5.41, 5.74) is 1.04. The molecule has 0 N–H and O–H groups in total. The Bertz CT molecular complexity index is 911. The summed E-state index contributed by atoms with van der Waals surface area (Å²) in [6.07, 6.45) is 57.2. The number of unbranched alkanes of at least 4 members (excludes halogenated alkanes) is 39. The van der Waals surface area contributed by atoms with Crippen LogP contribution in [0.3, 0.4) is 0 Å². The Labute approximate surface area is 375 Å². The minimum absolute atomic E-state index is 0.448. The summed E-state index contributed by atoms with van der Waals surface area (Å²) in [6, 6.07) is 4.19. The Morgan fingerprint density at radius 1 is 0.288 bits per heavy atom. The lowest BCUT2D eigenvalue weighted by atomic mass is 10.0. The average molecular weight is 848 g/mol. The van der Waals surface area contributed by atoms with Crippen LogP contribution in [0.15, 0.2) is 12.1 Å². The molecule has 0 aliphatic heterocycles. The molecule has 0 saturated heterocycles. The molecule has 1 rings (SSSR count). The fourth-order valence-corrected chi connectivity index (χ4v) is 8.65. The first-order valence-corrected chi connectivity index (χ1v) is 27.4. The van der Waals surface area contributed by atoms with Crippen molar-refractivity contribution < 1.29 is 14.2 Å². The number of ether oxygens (including phenoxy) is 3. The maximum Gasteiger partial charge on any atom is 0.203 e. The van der Waals surface area contributed by atoms with Crippen LogP contribution in [-0.2, 0) is 5.88 Å². The normalized spacial score (nSPS) is 11.5. The van der Waals surface area contributed by atoms with Gasteiger partial charge in [-0.15, -0.1) is 11.6 Å². The molecule has 0 spiro atoms. The molecule has 0 amide bonds. The molecule has 0 saturated carbocycles. The minimum Gasteiger partial charge on any atom is -0.490 e. The zero-order chi connectivity index (χ0) is 42.4. The number of rotatable bonds is 49. The molecule has 0 aliphatic carbocycles. The lowest BCUT2D eigenvalue weighted by Crippen LogP contribution is -2.07. The van der Waals surface area contributed by atoms with Crippen molar-refractivity contribution in [2.45, 2.75) is 296 Å². The smallest absolute Gasteiger partial charge is 0.203 e. The summed E-state index contributed by atoms with van der Waals surface area (Å²) in [4.78, 5) is 0. The lowest BCUT2D eigenvalue weighted by molar-refractivity contribution is 0.234. The van der Waals surface area contributed by atoms with Crippen molar-refractivity contribution >= 4 is 11.6 Å². The molecule has 0 heterocycles. The van der Waals surface area contributed by atoms with Crippen LogP contribution < -0.4 is 14.2 Å². The van der Waals surface area contributed by atoms with Crippen LogP contribution >= 0.6 is 11.6 Å². The molecule has 59 heavy (non-hydrogen) atoms. The standard InChI is InChI=1S/C55H103ClO3/c1-4-7-10-13-16-19-22-25-28-31-34-37-40-43-46-57-53-49-52(51-56)50-54(58-47-44-41-38-35-32-29-26-23-20-17-14-11-8-5-2)55(53)59-48-45-42-39-36-33-30-27-24-21-18-15-12-9-6-3/h49-50H,4-48,51H2,1-3H3. The van der Waals surface area contributed by atoms with Crippen molar-refractivity contribution in [3.63, 3.8) is 0 Å². The van der Waals surface area contributed by atoms with Crippen molar-refractivity contribution in [2.24, 2.45) is 0 Å². The lowest BCUT2D eigenvalue weighted by Gasteiger charge is -2.18. The van der Waals surface area contributed by atoms with E-state index in [0.717, 1.165) is 55.3 Å². The summed E-state index contributed by atoms with van der Waals surface area (Å²) < 4.78 is 19.5. The molecule has 0 aromatic heterocycles.